The van der Waals surface area contributed by atoms with E-state index in [2.05, 4.69) is 5.32 Å². The van der Waals surface area contributed by atoms with Gasteiger partial charge in [-0.3, -0.25) is 0 Å². The Labute approximate surface area is 165 Å². The largest absolute Gasteiger partial charge is 0.425 e. The van der Waals surface area contributed by atoms with Crippen LogP contribution in [0, 0.1) is 0 Å². The van der Waals surface area contributed by atoms with Gasteiger partial charge in [0.05, 0.1) is 6.04 Å². The molecular weight excluding hydrogens is 358 g/mol. The third-order valence-corrected chi connectivity index (χ3v) is 5.31. The van der Waals surface area contributed by atoms with E-state index >= 15 is 0 Å². The summed E-state index contributed by atoms with van der Waals surface area (Å²) in [6.45, 7) is 3.90. The maximum absolute atomic E-state index is 12.9. The quantitative estimate of drug-likeness (QED) is 0.739. The molecule has 2 aromatic rings. The first-order valence-corrected chi connectivity index (χ1v) is 9.25. The van der Waals surface area contributed by atoms with Gasteiger partial charge >= 0.3 is 5.97 Å². The SMILES string of the molecule is CO[C@@]1(C)OC(=O)[C@@H](C(NCc2ccccc2)c2ccccc2)O[C@]1(C)OC. The Morgan fingerprint density at radius 2 is 1.54 bits per heavy atom. The van der Waals surface area contributed by atoms with Gasteiger partial charge in [-0.2, -0.15) is 0 Å². The van der Waals surface area contributed by atoms with E-state index in [9.17, 15) is 4.79 Å². The van der Waals surface area contributed by atoms with Crippen molar-refractivity contribution < 1.29 is 23.7 Å². The molecular formula is C22H27NO5. The predicted octanol–water partition coefficient (Wildman–Crippen LogP) is 3.18. The normalized spacial score (nSPS) is 28.6. The zero-order chi connectivity index (χ0) is 20.2. The molecule has 1 fully saturated rings. The van der Waals surface area contributed by atoms with Crippen molar-refractivity contribution in [3.63, 3.8) is 0 Å². The maximum Gasteiger partial charge on any atom is 0.340 e. The molecule has 1 aliphatic heterocycles. The number of rotatable bonds is 7. The number of ether oxygens (including phenoxy) is 4. The second kappa shape index (κ2) is 8.41. The zero-order valence-corrected chi connectivity index (χ0v) is 16.7. The topological polar surface area (TPSA) is 66.0 Å². The standard InChI is InChI=1S/C22H27NO5/c1-21(25-3)22(2,26-4)28-20(24)19(27-21)18(17-13-9-6-10-14-17)23-15-16-11-7-5-8-12-16/h5-14,18-19,23H,15H2,1-4H3/t18?,19-,21+,22+/m1/s1. The van der Waals surface area contributed by atoms with Gasteiger partial charge in [0, 0.05) is 27.7 Å². The molecule has 0 amide bonds. The van der Waals surface area contributed by atoms with Gasteiger partial charge in [-0.1, -0.05) is 60.7 Å². The van der Waals surface area contributed by atoms with Gasteiger partial charge in [0.1, 0.15) is 0 Å². The summed E-state index contributed by atoms with van der Waals surface area (Å²) in [5, 5.41) is 3.44. The lowest BCUT2D eigenvalue weighted by Crippen LogP contribution is -2.65. The summed E-state index contributed by atoms with van der Waals surface area (Å²) >= 11 is 0. The molecule has 1 N–H and O–H groups in total. The summed E-state index contributed by atoms with van der Waals surface area (Å²) in [6.07, 6.45) is -0.903. The van der Waals surface area contributed by atoms with E-state index in [1.807, 2.05) is 60.7 Å². The van der Waals surface area contributed by atoms with Gasteiger partial charge in [-0.25, -0.2) is 4.79 Å². The fraction of sp³-hybridized carbons (Fsp3) is 0.409. The first kappa shape index (κ1) is 20.5. The summed E-state index contributed by atoms with van der Waals surface area (Å²) in [6, 6.07) is 19.2. The second-order valence-electron chi connectivity index (χ2n) is 7.01. The first-order chi connectivity index (χ1) is 13.4. The number of carbonyl (C=O) groups is 1. The number of hydrogen-bond acceptors (Lipinski definition) is 6. The van der Waals surface area contributed by atoms with Crippen LogP contribution < -0.4 is 5.32 Å². The molecule has 0 spiro atoms. The summed E-state index contributed by atoms with van der Waals surface area (Å²) in [7, 11) is 2.96. The monoisotopic (exact) mass is 385 g/mol. The molecule has 3 rings (SSSR count). The van der Waals surface area contributed by atoms with Crippen molar-refractivity contribution in [2.75, 3.05) is 14.2 Å². The van der Waals surface area contributed by atoms with Gasteiger partial charge in [0.15, 0.2) is 6.10 Å². The molecule has 0 aromatic heterocycles. The number of cyclic esters (lactones) is 1. The van der Waals surface area contributed by atoms with Gasteiger partial charge in [-0.15, -0.1) is 0 Å². The lowest BCUT2D eigenvalue weighted by atomic mass is 9.97. The molecule has 150 valence electrons. The van der Waals surface area contributed by atoms with Crippen LogP contribution in [0.1, 0.15) is 31.0 Å². The van der Waals surface area contributed by atoms with Crippen LogP contribution in [0.25, 0.3) is 0 Å². The molecule has 0 saturated carbocycles. The molecule has 1 aliphatic rings. The van der Waals surface area contributed by atoms with Gasteiger partial charge in [0.2, 0.25) is 5.79 Å². The highest BCUT2D eigenvalue weighted by Gasteiger charge is 2.58. The van der Waals surface area contributed by atoms with Crippen LogP contribution in [0.15, 0.2) is 60.7 Å². The Bertz CT molecular complexity index is 784. The minimum Gasteiger partial charge on any atom is -0.425 e. The lowest BCUT2D eigenvalue weighted by Gasteiger charge is -2.49. The molecule has 2 aromatic carbocycles. The minimum atomic E-state index is -1.35. The number of benzene rings is 2. The van der Waals surface area contributed by atoms with Crippen molar-refractivity contribution in [1.29, 1.82) is 0 Å². The summed E-state index contributed by atoms with van der Waals surface area (Å²) < 4.78 is 22.8. The second-order valence-corrected chi connectivity index (χ2v) is 7.01. The number of carbonyl (C=O) groups excluding carboxylic acids is 1. The van der Waals surface area contributed by atoms with Gasteiger partial charge < -0.3 is 24.3 Å². The molecule has 28 heavy (non-hydrogen) atoms. The average molecular weight is 385 g/mol. The molecule has 1 saturated heterocycles. The summed E-state index contributed by atoms with van der Waals surface area (Å²) in [4.78, 5) is 12.9. The Hall–Kier alpha value is -2.25. The van der Waals surface area contributed by atoms with Crippen LogP contribution >= 0.6 is 0 Å². The summed E-state index contributed by atoms with van der Waals surface area (Å²) in [5.74, 6) is -3.12. The van der Waals surface area contributed by atoms with Crippen molar-refractivity contribution in [3.8, 4) is 0 Å². The maximum atomic E-state index is 12.9. The van der Waals surface area contributed by atoms with Crippen molar-refractivity contribution in [1.82, 2.24) is 5.32 Å². The molecule has 1 unspecified atom stereocenters. The summed E-state index contributed by atoms with van der Waals surface area (Å²) in [5.41, 5.74) is 2.02. The number of hydrogen-bond donors (Lipinski definition) is 1. The molecule has 1 heterocycles. The highest BCUT2D eigenvalue weighted by atomic mass is 16.8. The molecule has 0 aliphatic carbocycles. The van der Waals surface area contributed by atoms with Gasteiger partial charge in [-0.05, 0) is 18.1 Å². The van der Waals surface area contributed by atoms with Crippen molar-refractivity contribution in [2.45, 2.75) is 44.1 Å². The molecule has 6 heteroatoms. The fourth-order valence-electron chi connectivity index (χ4n) is 3.29. The van der Waals surface area contributed by atoms with E-state index in [0.717, 1.165) is 11.1 Å². The first-order valence-electron chi connectivity index (χ1n) is 9.25. The highest BCUT2D eigenvalue weighted by Crippen LogP contribution is 2.40. The third kappa shape index (κ3) is 3.95. The fourth-order valence-corrected chi connectivity index (χ4v) is 3.29. The minimum absolute atomic E-state index is 0.426. The van der Waals surface area contributed by atoms with Crippen LogP contribution in [-0.2, 0) is 30.3 Å². The van der Waals surface area contributed by atoms with Crippen molar-refractivity contribution in [3.05, 3.63) is 71.8 Å². The Morgan fingerprint density at radius 3 is 2.11 bits per heavy atom. The van der Waals surface area contributed by atoms with Crippen LogP contribution in [0.4, 0.5) is 0 Å². The van der Waals surface area contributed by atoms with E-state index in [1.54, 1.807) is 13.8 Å². The Morgan fingerprint density at radius 1 is 0.964 bits per heavy atom. The average Bonchev–Trinajstić information content (AvgIpc) is 2.73. The molecule has 4 atom stereocenters. The highest BCUT2D eigenvalue weighted by molar-refractivity contribution is 5.77. The van der Waals surface area contributed by atoms with Crippen molar-refractivity contribution >= 4 is 5.97 Å². The molecule has 0 radical (unpaired) electrons. The Kier molecular flexibility index (Phi) is 6.15. The zero-order valence-electron chi connectivity index (χ0n) is 16.7. The lowest BCUT2D eigenvalue weighted by molar-refractivity contribution is -0.407. The van der Waals surface area contributed by atoms with E-state index in [4.69, 9.17) is 18.9 Å². The Balaban J connectivity index is 1.90. The number of methoxy groups -OCH3 is 2. The molecule has 0 bridgehead atoms. The van der Waals surface area contributed by atoms with E-state index in [0.29, 0.717) is 6.54 Å². The van der Waals surface area contributed by atoms with Crippen LogP contribution in [0.3, 0.4) is 0 Å². The third-order valence-electron chi connectivity index (χ3n) is 5.31. The van der Waals surface area contributed by atoms with E-state index in [1.165, 1.54) is 14.2 Å². The predicted molar refractivity (Wildman–Crippen MR) is 104 cm³/mol. The van der Waals surface area contributed by atoms with Crippen LogP contribution in [-0.4, -0.2) is 37.9 Å². The van der Waals surface area contributed by atoms with Gasteiger partial charge in [0.25, 0.3) is 5.79 Å². The number of nitrogens with one attached hydrogen (secondary N) is 1. The van der Waals surface area contributed by atoms with E-state index in [-0.39, 0.29) is 0 Å². The smallest absolute Gasteiger partial charge is 0.340 e. The van der Waals surface area contributed by atoms with Crippen LogP contribution in [0.2, 0.25) is 0 Å². The number of esters is 1. The van der Waals surface area contributed by atoms with E-state index < -0.39 is 29.7 Å². The molecule has 6 nitrogen and oxygen atoms in total. The van der Waals surface area contributed by atoms with Crippen LogP contribution in [0.5, 0.6) is 0 Å². The van der Waals surface area contributed by atoms with Crippen molar-refractivity contribution in [2.24, 2.45) is 0 Å².